The van der Waals surface area contributed by atoms with Gasteiger partial charge in [-0.05, 0) is 73.1 Å². The van der Waals surface area contributed by atoms with E-state index in [1.54, 1.807) is 6.33 Å². The number of nitrogens with zero attached hydrogens (tertiary/aromatic N) is 5. The van der Waals surface area contributed by atoms with Crippen LogP contribution in [0.15, 0.2) is 36.8 Å². The van der Waals surface area contributed by atoms with E-state index in [0.717, 1.165) is 47.2 Å². The maximum Gasteiger partial charge on any atom is 0.0924 e. The summed E-state index contributed by atoms with van der Waals surface area (Å²) in [5.41, 5.74) is 8.80. The lowest BCUT2D eigenvalue weighted by Gasteiger charge is -2.13. The minimum Gasteiger partial charge on any atom is -0.343 e. The van der Waals surface area contributed by atoms with Crippen LogP contribution in [-0.2, 0) is 26.3 Å². The summed E-state index contributed by atoms with van der Waals surface area (Å²) in [5.74, 6) is 0.416. The predicted octanol–water partition coefficient (Wildman–Crippen LogP) is 5.03. The summed E-state index contributed by atoms with van der Waals surface area (Å²) in [7, 11) is 2.02. The van der Waals surface area contributed by atoms with Crippen molar-refractivity contribution in [2.24, 2.45) is 7.05 Å². The van der Waals surface area contributed by atoms with Crippen molar-refractivity contribution in [3.63, 3.8) is 0 Å². The molecule has 4 aromatic rings. The Kier molecular flexibility index (Phi) is 5.85. The number of imidazole rings is 1. The molecule has 0 fully saturated rings. The molecule has 4 rings (SSSR count). The smallest absolute Gasteiger partial charge is 0.0924 e. The number of benzene rings is 1. The maximum absolute atomic E-state index is 9.03. The molecule has 0 aliphatic carbocycles. The van der Waals surface area contributed by atoms with Crippen molar-refractivity contribution in [3.05, 3.63) is 64.9 Å². The first kappa shape index (κ1) is 20.8. The summed E-state index contributed by atoms with van der Waals surface area (Å²) in [4.78, 5) is 12.2. The van der Waals surface area contributed by atoms with Crippen LogP contribution in [0.4, 0.5) is 0 Å². The Bertz CT molecular complexity index is 1240. The van der Waals surface area contributed by atoms with Gasteiger partial charge in [-0.1, -0.05) is 13.8 Å². The normalized spacial score (nSPS) is 11.4. The molecule has 3 aromatic heterocycles. The fourth-order valence-electron chi connectivity index (χ4n) is 4.00. The van der Waals surface area contributed by atoms with Crippen LogP contribution in [0.5, 0.6) is 0 Å². The van der Waals surface area contributed by atoms with Gasteiger partial charge < -0.3 is 4.98 Å². The lowest BCUT2D eigenvalue weighted by Crippen LogP contribution is -2.02. The molecular formula is C25H28N6. The van der Waals surface area contributed by atoms with Crippen LogP contribution in [0.25, 0.3) is 22.3 Å². The molecule has 31 heavy (non-hydrogen) atoms. The number of nitriles is 1. The number of nitrogens with one attached hydrogen (secondary N) is 1. The Morgan fingerprint density at radius 3 is 2.61 bits per heavy atom. The van der Waals surface area contributed by atoms with Crippen LogP contribution in [0.3, 0.4) is 0 Å². The molecule has 0 aliphatic rings. The van der Waals surface area contributed by atoms with E-state index >= 15 is 0 Å². The largest absolute Gasteiger partial charge is 0.343 e. The van der Waals surface area contributed by atoms with Gasteiger partial charge in [0.2, 0.25) is 0 Å². The van der Waals surface area contributed by atoms with Crippen molar-refractivity contribution >= 4 is 10.9 Å². The average molecular weight is 413 g/mol. The summed E-state index contributed by atoms with van der Waals surface area (Å²) < 4.78 is 2.00. The molecule has 0 amide bonds. The van der Waals surface area contributed by atoms with Gasteiger partial charge in [-0.25, -0.2) is 9.97 Å². The number of aryl methyl sites for hydroxylation is 5. The van der Waals surface area contributed by atoms with Gasteiger partial charge in [-0.2, -0.15) is 10.4 Å². The zero-order chi connectivity index (χ0) is 22.0. The molecule has 0 unspecified atom stereocenters. The van der Waals surface area contributed by atoms with Gasteiger partial charge in [0, 0.05) is 24.5 Å². The van der Waals surface area contributed by atoms with Crippen molar-refractivity contribution < 1.29 is 0 Å². The Morgan fingerprint density at radius 1 is 1.10 bits per heavy atom. The molecule has 6 heteroatoms. The highest BCUT2D eigenvalue weighted by Crippen LogP contribution is 2.28. The quantitative estimate of drug-likeness (QED) is 0.461. The standard InChI is InChI=1S/C25H28N6/c1-16(2)22-13-20(31(4)30-22)8-7-19-12-24(25-14-27-15-28-25)29-23-10-17(3)18(6-5-9-26)11-21(19)23/h10-16H,5-8H2,1-4H3,(H,27,28). The van der Waals surface area contributed by atoms with Crippen molar-refractivity contribution in [2.75, 3.05) is 0 Å². The van der Waals surface area contributed by atoms with Crippen LogP contribution >= 0.6 is 0 Å². The average Bonchev–Trinajstić information content (AvgIpc) is 3.40. The van der Waals surface area contributed by atoms with Gasteiger partial charge >= 0.3 is 0 Å². The third kappa shape index (κ3) is 4.36. The highest BCUT2D eigenvalue weighted by molar-refractivity contribution is 5.86. The minimum absolute atomic E-state index is 0.416. The number of rotatable bonds is 7. The van der Waals surface area contributed by atoms with E-state index in [1.165, 1.54) is 22.4 Å². The monoisotopic (exact) mass is 412 g/mol. The highest BCUT2D eigenvalue weighted by Gasteiger charge is 2.13. The van der Waals surface area contributed by atoms with E-state index in [1.807, 2.05) is 17.9 Å². The molecule has 0 saturated heterocycles. The number of pyridine rings is 1. The number of aromatic amines is 1. The van der Waals surface area contributed by atoms with Gasteiger partial charge in [0.05, 0.1) is 41.2 Å². The van der Waals surface area contributed by atoms with Crippen LogP contribution in [0.1, 0.15) is 54.3 Å². The van der Waals surface area contributed by atoms with Gasteiger partial charge in [0.1, 0.15) is 0 Å². The third-order valence-corrected chi connectivity index (χ3v) is 5.87. The number of aromatic nitrogens is 5. The zero-order valence-electron chi connectivity index (χ0n) is 18.6. The number of hydrogen-bond acceptors (Lipinski definition) is 4. The molecule has 0 atom stereocenters. The zero-order valence-corrected chi connectivity index (χ0v) is 18.6. The van der Waals surface area contributed by atoms with E-state index in [-0.39, 0.29) is 0 Å². The molecule has 0 aliphatic heterocycles. The highest BCUT2D eigenvalue weighted by atomic mass is 15.3. The van der Waals surface area contributed by atoms with Crippen molar-refractivity contribution in [2.45, 2.75) is 52.4 Å². The third-order valence-electron chi connectivity index (χ3n) is 5.87. The Morgan fingerprint density at radius 2 is 1.94 bits per heavy atom. The minimum atomic E-state index is 0.416. The van der Waals surface area contributed by atoms with E-state index in [0.29, 0.717) is 12.3 Å². The van der Waals surface area contributed by atoms with Crippen molar-refractivity contribution in [1.29, 1.82) is 5.26 Å². The second-order valence-electron chi connectivity index (χ2n) is 8.42. The van der Waals surface area contributed by atoms with Crippen LogP contribution in [0, 0.1) is 18.3 Å². The van der Waals surface area contributed by atoms with Crippen LogP contribution in [-0.4, -0.2) is 24.7 Å². The first-order chi connectivity index (χ1) is 15.0. The summed E-state index contributed by atoms with van der Waals surface area (Å²) in [5, 5.41) is 14.8. The Labute approximate surface area is 183 Å². The molecule has 1 aromatic carbocycles. The molecule has 0 radical (unpaired) electrons. The second-order valence-corrected chi connectivity index (χ2v) is 8.42. The summed E-state index contributed by atoms with van der Waals surface area (Å²) in [6.45, 7) is 6.44. The number of H-pyrrole nitrogens is 1. The fourth-order valence-corrected chi connectivity index (χ4v) is 4.00. The fraction of sp³-hybridized carbons (Fsp3) is 0.360. The van der Waals surface area contributed by atoms with Gasteiger partial charge in [0.25, 0.3) is 0 Å². The predicted molar refractivity (Wildman–Crippen MR) is 123 cm³/mol. The molecule has 158 valence electrons. The molecule has 0 spiro atoms. The van der Waals surface area contributed by atoms with Gasteiger partial charge in [-0.15, -0.1) is 0 Å². The molecule has 0 bridgehead atoms. The molecule has 3 heterocycles. The summed E-state index contributed by atoms with van der Waals surface area (Å²) in [6.07, 6.45) is 6.56. The topological polar surface area (TPSA) is 83.2 Å². The number of fused-ring (bicyclic) bond motifs is 1. The molecule has 0 saturated carbocycles. The molecule has 1 N–H and O–H groups in total. The first-order valence-corrected chi connectivity index (χ1v) is 10.8. The first-order valence-electron chi connectivity index (χ1n) is 10.8. The van der Waals surface area contributed by atoms with Gasteiger partial charge in [0.15, 0.2) is 0 Å². The lowest BCUT2D eigenvalue weighted by molar-refractivity contribution is 0.677. The Hall–Kier alpha value is -3.46. The van der Waals surface area contributed by atoms with E-state index in [2.05, 4.69) is 66.2 Å². The maximum atomic E-state index is 9.03. The van der Waals surface area contributed by atoms with E-state index in [4.69, 9.17) is 10.2 Å². The summed E-state index contributed by atoms with van der Waals surface area (Å²) >= 11 is 0. The number of hydrogen-bond donors (Lipinski definition) is 1. The Balaban J connectivity index is 1.76. The summed E-state index contributed by atoms with van der Waals surface area (Å²) in [6, 6.07) is 11.0. The molecular weight excluding hydrogens is 384 g/mol. The van der Waals surface area contributed by atoms with Crippen molar-refractivity contribution in [1.82, 2.24) is 24.7 Å². The van der Waals surface area contributed by atoms with E-state index in [9.17, 15) is 0 Å². The van der Waals surface area contributed by atoms with Gasteiger partial charge in [-0.3, -0.25) is 4.68 Å². The van der Waals surface area contributed by atoms with Crippen LogP contribution < -0.4 is 0 Å². The van der Waals surface area contributed by atoms with Crippen LogP contribution in [0.2, 0.25) is 0 Å². The van der Waals surface area contributed by atoms with E-state index < -0.39 is 0 Å². The second kappa shape index (κ2) is 8.73. The molecule has 6 nitrogen and oxygen atoms in total. The SMILES string of the molecule is Cc1cc2nc(-c3cnc[nH]3)cc(CCc3cc(C(C)C)nn3C)c2cc1CCC#N. The lowest BCUT2D eigenvalue weighted by atomic mass is 9.95. The van der Waals surface area contributed by atoms with Crippen molar-refractivity contribution in [3.8, 4) is 17.5 Å².